The zero-order valence-corrected chi connectivity index (χ0v) is 21.9. The van der Waals surface area contributed by atoms with Gasteiger partial charge in [-0.25, -0.2) is 0 Å². The number of aromatic nitrogens is 4. The number of H-pyrrole nitrogens is 1. The lowest BCUT2D eigenvalue weighted by molar-refractivity contribution is 0.0336. The highest BCUT2D eigenvalue weighted by Crippen LogP contribution is 2.26. The maximum Gasteiger partial charge on any atom is 0.276 e. The van der Waals surface area contributed by atoms with E-state index in [0.717, 1.165) is 85.8 Å². The van der Waals surface area contributed by atoms with Crippen LogP contribution in [-0.4, -0.2) is 89.4 Å². The van der Waals surface area contributed by atoms with Gasteiger partial charge >= 0.3 is 0 Å². The molecule has 3 aromatic heterocycles. The Morgan fingerprint density at radius 3 is 2.76 bits per heavy atom. The van der Waals surface area contributed by atoms with Crippen LogP contribution < -0.4 is 10.6 Å². The molecule has 0 aliphatic carbocycles. The van der Waals surface area contributed by atoms with Gasteiger partial charge < -0.3 is 20.3 Å². The molecule has 0 radical (unpaired) electrons. The molecule has 0 unspecified atom stereocenters. The second kappa shape index (κ2) is 12.2. The number of morpholine rings is 1. The Morgan fingerprint density at radius 2 is 1.97 bits per heavy atom. The number of amides is 1. The van der Waals surface area contributed by atoms with Crippen LogP contribution in [-0.2, 0) is 17.8 Å². The molecule has 38 heavy (non-hydrogen) atoms. The van der Waals surface area contributed by atoms with E-state index in [4.69, 9.17) is 4.74 Å². The highest BCUT2D eigenvalue weighted by molar-refractivity contribution is 6.11. The Hall–Kier alpha value is -3.70. The summed E-state index contributed by atoms with van der Waals surface area (Å²) in [6.07, 6.45) is 5.44. The highest BCUT2D eigenvalue weighted by atomic mass is 16.5. The summed E-state index contributed by atoms with van der Waals surface area (Å²) in [4.78, 5) is 26.7. The lowest BCUT2D eigenvalue weighted by Crippen LogP contribution is -2.35. The summed E-state index contributed by atoms with van der Waals surface area (Å²) in [5.41, 5.74) is 5.85. The van der Waals surface area contributed by atoms with Crippen molar-refractivity contribution in [1.29, 1.82) is 0 Å². The Balaban J connectivity index is 1.29. The van der Waals surface area contributed by atoms with Crippen molar-refractivity contribution >= 4 is 22.5 Å². The van der Waals surface area contributed by atoms with E-state index in [1.165, 1.54) is 0 Å². The summed E-state index contributed by atoms with van der Waals surface area (Å²) in [5.74, 6) is -0.283. The number of carbonyl (C=O) groups is 1. The average Bonchev–Trinajstić information content (AvgIpc) is 3.37. The zero-order valence-electron chi connectivity index (χ0n) is 21.9. The van der Waals surface area contributed by atoms with Crippen molar-refractivity contribution in [2.24, 2.45) is 0 Å². The molecule has 10 nitrogen and oxygen atoms in total. The van der Waals surface area contributed by atoms with Crippen LogP contribution in [0.2, 0.25) is 0 Å². The van der Waals surface area contributed by atoms with Crippen molar-refractivity contribution in [2.45, 2.75) is 13.1 Å². The Bertz CT molecular complexity index is 1370. The lowest BCUT2D eigenvalue weighted by Gasteiger charge is -2.26. The summed E-state index contributed by atoms with van der Waals surface area (Å²) >= 11 is 0. The first-order chi connectivity index (χ1) is 18.6. The third-order valence-corrected chi connectivity index (χ3v) is 6.67. The second-order valence-corrected chi connectivity index (χ2v) is 9.64. The largest absolute Gasteiger partial charge is 0.379 e. The van der Waals surface area contributed by atoms with Crippen molar-refractivity contribution in [1.82, 2.24) is 35.3 Å². The van der Waals surface area contributed by atoms with E-state index in [1.54, 1.807) is 6.20 Å². The van der Waals surface area contributed by atoms with Crippen molar-refractivity contribution in [3.8, 4) is 11.1 Å². The topological polar surface area (TPSA) is 111 Å². The number of hydrogen-bond acceptors (Lipinski definition) is 8. The van der Waals surface area contributed by atoms with Crippen LogP contribution in [0.25, 0.3) is 22.0 Å². The third-order valence-electron chi connectivity index (χ3n) is 6.67. The fourth-order valence-electron chi connectivity index (χ4n) is 4.56. The van der Waals surface area contributed by atoms with Crippen LogP contribution in [0.5, 0.6) is 0 Å². The molecule has 10 heteroatoms. The van der Waals surface area contributed by atoms with Gasteiger partial charge in [-0.05, 0) is 55.6 Å². The number of benzene rings is 1. The van der Waals surface area contributed by atoms with E-state index in [2.05, 4.69) is 53.7 Å². The quantitative estimate of drug-likeness (QED) is 0.296. The number of nitrogens with one attached hydrogen (secondary N) is 3. The number of rotatable bonds is 10. The number of ether oxygens (including phenoxy) is 1. The molecular formula is C28H34N8O2. The smallest absolute Gasteiger partial charge is 0.276 e. The van der Waals surface area contributed by atoms with Gasteiger partial charge in [-0.3, -0.25) is 24.8 Å². The maximum atomic E-state index is 13.1. The van der Waals surface area contributed by atoms with Gasteiger partial charge in [0.15, 0.2) is 5.69 Å². The van der Waals surface area contributed by atoms with Crippen LogP contribution >= 0.6 is 0 Å². The summed E-state index contributed by atoms with van der Waals surface area (Å²) in [6.45, 7) is 6.78. The van der Waals surface area contributed by atoms with Gasteiger partial charge in [-0.15, -0.1) is 0 Å². The van der Waals surface area contributed by atoms with E-state index in [1.807, 2.05) is 49.8 Å². The van der Waals surface area contributed by atoms with Gasteiger partial charge in [0.05, 0.1) is 36.3 Å². The molecule has 198 valence electrons. The molecular weight excluding hydrogens is 480 g/mol. The summed E-state index contributed by atoms with van der Waals surface area (Å²) in [7, 11) is 4.05. The van der Waals surface area contributed by atoms with Gasteiger partial charge in [0.1, 0.15) is 0 Å². The van der Waals surface area contributed by atoms with Gasteiger partial charge in [-0.2, -0.15) is 5.10 Å². The molecule has 4 aromatic rings. The molecule has 1 amide bonds. The molecule has 3 N–H and O–H groups in total. The number of carbonyl (C=O) groups excluding carboxylic acids is 1. The lowest BCUT2D eigenvalue weighted by atomic mass is 10.0. The minimum atomic E-state index is -0.283. The van der Waals surface area contributed by atoms with E-state index in [0.29, 0.717) is 11.4 Å². The number of nitrogens with zero attached hydrogens (tertiary/aromatic N) is 5. The van der Waals surface area contributed by atoms with Crippen molar-refractivity contribution < 1.29 is 9.53 Å². The predicted molar refractivity (Wildman–Crippen MR) is 148 cm³/mol. The number of hydrogen-bond donors (Lipinski definition) is 3. The SMILES string of the molecule is CNCCN(C)Cc1cncc(-c2ccc3[nH]nc(C(=O)Nc4ccc(CN5CCOCC5)nc4)c3c2)c1. The first kappa shape index (κ1) is 25.9. The Labute approximate surface area is 222 Å². The monoisotopic (exact) mass is 514 g/mol. The summed E-state index contributed by atoms with van der Waals surface area (Å²) < 4.78 is 5.40. The van der Waals surface area contributed by atoms with E-state index < -0.39 is 0 Å². The maximum absolute atomic E-state index is 13.1. The van der Waals surface area contributed by atoms with Gasteiger partial charge in [0.2, 0.25) is 0 Å². The number of anilines is 1. The van der Waals surface area contributed by atoms with Crippen LogP contribution in [0.15, 0.2) is 55.0 Å². The van der Waals surface area contributed by atoms with Crippen LogP contribution in [0.3, 0.4) is 0 Å². The molecule has 0 spiro atoms. The fraction of sp³-hybridized carbons (Fsp3) is 0.357. The molecule has 1 aliphatic heterocycles. The Kier molecular flexibility index (Phi) is 8.34. The normalized spacial score (nSPS) is 14.3. The molecule has 1 aromatic carbocycles. The number of aromatic amines is 1. The van der Waals surface area contributed by atoms with Crippen LogP contribution in [0, 0.1) is 0 Å². The van der Waals surface area contributed by atoms with Gasteiger partial charge in [0.25, 0.3) is 5.91 Å². The highest BCUT2D eigenvalue weighted by Gasteiger charge is 2.16. The summed E-state index contributed by atoms with van der Waals surface area (Å²) in [5, 5.41) is 14.1. The van der Waals surface area contributed by atoms with Gasteiger partial charge in [-0.1, -0.05) is 6.07 Å². The molecule has 0 saturated carbocycles. The minimum Gasteiger partial charge on any atom is -0.379 e. The van der Waals surface area contributed by atoms with E-state index in [-0.39, 0.29) is 5.91 Å². The number of likely N-dealkylation sites (N-methyl/N-ethyl adjacent to an activating group) is 2. The molecule has 0 bridgehead atoms. The van der Waals surface area contributed by atoms with Crippen LogP contribution in [0.1, 0.15) is 21.7 Å². The standard InChI is InChI=1S/C28H34N8O2/c1-29-7-8-35(2)18-20-13-22(16-30-15-20)21-3-6-26-25(14-21)27(34-33-26)28(37)32-23-4-5-24(31-17-23)19-36-9-11-38-12-10-36/h3-6,13-17,29H,7-12,18-19H2,1-2H3,(H,32,37)(H,33,34). The van der Waals surface area contributed by atoms with Gasteiger partial charge in [0, 0.05) is 62.6 Å². The van der Waals surface area contributed by atoms with Crippen LogP contribution in [0.4, 0.5) is 5.69 Å². The van der Waals surface area contributed by atoms with Crippen molar-refractivity contribution in [2.75, 3.05) is 58.8 Å². The van der Waals surface area contributed by atoms with Crippen molar-refractivity contribution in [3.05, 3.63) is 71.9 Å². The number of pyridine rings is 2. The fourth-order valence-corrected chi connectivity index (χ4v) is 4.56. The molecule has 4 heterocycles. The molecule has 1 saturated heterocycles. The second-order valence-electron chi connectivity index (χ2n) is 9.64. The van der Waals surface area contributed by atoms with Crippen molar-refractivity contribution in [3.63, 3.8) is 0 Å². The third kappa shape index (κ3) is 6.40. The molecule has 0 atom stereocenters. The molecule has 5 rings (SSSR count). The zero-order chi connectivity index (χ0) is 26.3. The predicted octanol–water partition coefficient (Wildman–Crippen LogP) is 2.76. The Morgan fingerprint density at radius 1 is 1.11 bits per heavy atom. The molecule has 1 fully saturated rings. The minimum absolute atomic E-state index is 0.283. The molecule has 1 aliphatic rings. The first-order valence-corrected chi connectivity index (χ1v) is 12.9. The average molecular weight is 515 g/mol. The number of fused-ring (bicyclic) bond motifs is 1. The van der Waals surface area contributed by atoms with E-state index in [9.17, 15) is 4.79 Å². The first-order valence-electron chi connectivity index (χ1n) is 12.9. The summed E-state index contributed by atoms with van der Waals surface area (Å²) in [6, 6.07) is 11.9. The van der Waals surface area contributed by atoms with E-state index >= 15 is 0 Å².